The van der Waals surface area contributed by atoms with Crippen LogP contribution in [0.3, 0.4) is 0 Å². The molecule has 2 amide bonds. The number of carbonyl (C=O) groups is 2. The first-order valence-corrected chi connectivity index (χ1v) is 10.9. The van der Waals surface area contributed by atoms with Crippen molar-refractivity contribution in [1.82, 2.24) is 20.2 Å². The van der Waals surface area contributed by atoms with Gasteiger partial charge in [0.1, 0.15) is 11.4 Å². The highest BCUT2D eigenvalue weighted by Gasteiger charge is 2.19. The van der Waals surface area contributed by atoms with Crippen molar-refractivity contribution >= 4 is 28.8 Å². The molecule has 4 aromatic rings. The standard InChI is InChI=1S/C27H26N4O3/c1-31(15-13-21-10-6-7-14-28-21)27(33)25(30-26(32)19-8-4-3-5-9-19)16-20-18-29-24-12-11-22(34-2)17-23(20)24/h3-12,14,16-18,29H,13,15H2,1-2H3,(H,30,32)/b25-16-. The third kappa shape index (κ3) is 5.32. The van der Waals surface area contributed by atoms with Gasteiger partial charge in [-0.05, 0) is 48.5 Å². The van der Waals surface area contributed by atoms with Crippen molar-refractivity contribution in [3.8, 4) is 5.75 Å². The highest BCUT2D eigenvalue weighted by Crippen LogP contribution is 2.25. The maximum Gasteiger partial charge on any atom is 0.270 e. The molecular weight excluding hydrogens is 428 g/mol. The van der Waals surface area contributed by atoms with E-state index in [1.54, 1.807) is 61.8 Å². The molecule has 0 atom stereocenters. The van der Waals surface area contributed by atoms with Crippen LogP contribution in [-0.4, -0.2) is 47.4 Å². The number of ether oxygens (including phenoxy) is 1. The fraction of sp³-hybridized carbons (Fsp3) is 0.148. The van der Waals surface area contributed by atoms with E-state index in [1.807, 2.05) is 42.5 Å². The summed E-state index contributed by atoms with van der Waals surface area (Å²) >= 11 is 0. The van der Waals surface area contributed by atoms with E-state index in [4.69, 9.17) is 4.74 Å². The van der Waals surface area contributed by atoms with Gasteiger partial charge in [0.15, 0.2) is 0 Å². The number of hydrogen-bond acceptors (Lipinski definition) is 4. The molecule has 0 saturated heterocycles. The number of benzene rings is 2. The van der Waals surface area contributed by atoms with Crippen LogP contribution < -0.4 is 10.1 Å². The molecule has 2 N–H and O–H groups in total. The van der Waals surface area contributed by atoms with E-state index in [9.17, 15) is 9.59 Å². The van der Waals surface area contributed by atoms with Gasteiger partial charge in [-0.2, -0.15) is 0 Å². The predicted octanol–water partition coefficient (Wildman–Crippen LogP) is 4.04. The van der Waals surface area contributed by atoms with Gasteiger partial charge in [0.05, 0.1) is 7.11 Å². The summed E-state index contributed by atoms with van der Waals surface area (Å²) in [7, 11) is 3.32. The highest BCUT2D eigenvalue weighted by atomic mass is 16.5. The Morgan fingerprint density at radius 2 is 1.88 bits per heavy atom. The zero-order valence-corrected chi connectivity index (χ0v) is 19.1. The number of methoxy groups -OCH3 is 1. The lowest BCUT2D eigenvalue weighted by atomic mass is 10.1. The van der Waals surface area contributed by atoms with E-state index in [0.29, 0.717) is 24.3 Å². The molecule has 7 nitrogen and oxygen atoms in total. The predicted molar refractivity (Wildman–Crippen MR) is 132 cm³/mol. The number of aromatic amines is 1. The molecule has 4 rings (SSSR count). The number of amides is 2. The molecule has 0 fully saturated rings. The zero-order chi connectivity index (χ0) is 23.9. The summed E-state index contributed by atoms with van der Waals surface area (Å²) in [6, 6.07) is 20.2. The Morgan fingerprint density at radius 1 is 1.09 bits per heavy atom. The molecule has 0 unspecified atom stereocenters. The number of rotatable bonds is 8. The van der Waals surface area contributed by atoms with Crippen molar-refractivity contribution in [2.75, 3.05) is 20.7 Å². The Morgan fingerprint density at radius 3 is 2.62 bits per heavy atom. The van der Waals surface area contributed by atoms with Crippen molar-refractivity contribution in [2.45, 2.75) is 6.42 Å². The molecule has 7 heteroatoms. The third-order valence-corrected chi connectivity index (χ3v) is 5.51. The smallest absolute Gasteiger partial charge is 0.270 e. The van der Waals surface area contributed by atoms with Gasteiger partial charge in [-0.3, -0.25) is 14.6 Å². The molecule has 0 bridgehead atoms. The second-order valence-electron chi connectivity index (χ2n) is 7.83. The number of H-pyrrole nitrogens is 1. The van der Waals surface area contributed by atoms with Crippen LogP contribution in [0.2, 0.25) is 0 Å². The molecule has 2 aromatic carbocycles. The second kappa shape index (κ2) is 10.5. The first kappa shape index (κ1) is 22.8. The van der Waals surface area contributed by atoms with E-state index in [2.05, 4.69) is 15.3 Å². The van der Waals surface area contributed by atoms with Crippen LogP contribution in [0.1, 0.15) is 21.6 Å². The summed E-state index contributed by atoms with van der Waals surface area (Å²) in [4.78, 5) is 35.4. The molecule has 2 aromatic heterocycles. The van der Waals surface area contributed by atoms with Crippen molar-refractivity contribution in [3.63, 3.8) is 0 Å². The summed E-state index contributed by atoms with van der Waals surface area (Å²) in [6.07, 6.45) is 5.83. The first-order chi connectivity index (χ1) is 16.5. The Bertz CT molecular complexity index is 1310. The van der Waals surface area contributed by atoms with Gasteiger partial charge in [0.2, 0.25) is 0 Å². The molecule has 172 valence electrons. The number of nitrogens with zero attached hydrogens (tertiary/aromatic N) is 2. The van der Waals surface area contributed by atoms with Crippen LogP contribution >= 0.6 is 0 Å². The van der Waals surface area contributed by atoms with Crippen LogP contribution in [-0.2, 0) is 11.2 Å². The molecule has 0 aliphatic rings. The fourth-order valence-corrected chi connectivity index (χ4v) is 3.59. The van der Waals surface area contributed by atoms with Crippen molar-refractivity contribution < 1.29 is 14.3 Å². The van der Waals surface area contributed by atoms with E-state index < -0.39 is 0 Å². The minimum absolute atomic E-state index is 0.182. The number of likely N-dealkylation sites (N-methyl/N-ethyl adjacent to an activating group) is 1. The lowest BCUT2D eigenvalue weighted by Crippen LogP contribution is -2.37. The lowest BCUT2D eigenvalue weighted by Gasteiger charge is -2.19. The number of nitrogens with one attached hydrogen (secondary N) is 2. The van der Waals surface area contributed by atoms with Gasteiger partial charge in [-0.15, -0.1) is 0 Å². The first-order valence-electron chi connectivity index (χ1n) is 10.9. The Labute approximate surface area is 198 Å². The molecule has 0 spiro atoms. The maximum absolute atomic E-state index is 13.4. The average Bonchev–Trinajstić information content (AvgIpc) is 3.29. The highest BCUT2D eigenvalue weighted by molar-refractivity contribution is 6.06. The van der Waals surface area contributed by atoms with Gasteiger partial charge in [0, 0.05) is 60.1 Å². The van der Waals surface area contributed by atoms with E-state index >= 15 is 0 Å². The second-order valence-corrected chi connectivity index (χ2v) is 7.83. The van der Waals surface area contributed by atoms with Gasteiger partial charge < -0.3 is 19.9 Å². The summed E-state index contributed by atoms with van der Waals surface area (Å²) in [5, 5.41) is 3.70. The number of hydrogen-bond donors (Lipinski definition) is 2. The van der Waals surface area contributed by atoms with Crippen LogP contribution in [0.4, 0.5) is 0 Å². The molecule has 0 aliphatic carbocycles. The van der Waals surface area contributed by atoms with Crippen LogP contribution in [0.5, 0.6) is 5.75 Å². The largest absolute Gasteiger partial charge is 0.497 e. The van der Waals surface area contributed by atoms with Crippen LogP contribution in [0, 0.1) is 0 Å². The van der Waals surface area contributed by atoms with Crippen LogP contribution in [0.25, 0.3) is 17.0 Å². The minimum atomic E-state index is -0.351. The Balaban J connectivity index is 1.63. The van der Waals surface area contributed by atoms with Gasteiger partial charge in [0.25, 0.3) is 11.8 Å². The van der Waals surface area contributed by atoms with Crippen molar-refractivity contribution in [1.29, 1.82) is 0 Å². The molecule has 0 aliphatic heterocycles. The molecule has 0 saturated carbocycles. The monoisotopic (exact) mass is 454 g/mol. The molecule has 2 heterocycles. The number of pyridine rings is 1. The zero-order valence-electron chi connectivity index (χ0n) is 19.1. The van der Waals surface area contributed by atoms with Crippen molar-refractivity contribution in [3.05, 3.63) is 102 Å². The summed E-state index contributed by atoms with van der Waals surface area (Å²) in [6.45, 7) is 0.454. The average molecular weight is 455 g/mol. The van der Waals surface area contributed by atoms with Crippen LogP contribution in [0.15, 0.2) is 84.8 Å². The fourth-order valence-electron chi connectivity index (χ4n) is 3.59. The third-order valence-electron chi connectivity index (χ3n) is 5.51. The van der Waals surface area contributed by atoms with Gasteiger partial charge in [-0.1, -0.05) is 24.3 Å². The summed E-state index contributed by atoms with van der Waals surface area (Å²) < 4.78 is 5.35. The number of fused-ring (bicyclic) bond motifs is 1. The van der Waals surface area contributed by atoms with Gasteiger partial charge >= 0.3 is 0 Å². The topological polar surface area (TPSA) is 87.3 Å². The molecular formula is C27H26N4O3. The van der Waals surface area contributed by atoms with E-state index in [0.717, 1.165) is 22.2 Å². The minimum Gasteiger partial charge on any atom is -0.497 e. The SMILES string of the molecule is COc1ccc2[nH]cc(/C=C(\NC(=O)c3ccccc3)C(=O)N(C)CCc3ccccn3)c2c1. The van der Waals surface area contributed by atoms with Crippen molar-refractivity contribution in [2.24, 2.45) is 0 Å². The number of carbonyl (C=O) groups excluding carboxylic acids is 2. The molecule has 0 radical (unpaired) electrons. The summed E-state index contributed by atoms with van der Waals surface area (Å²) in [5.41, 5.74) is 3.21. The quantitative estimate of drug-likeness (QED) is 0.393. The normalized spacial score (nSPS) is 11.3. The number of aromatic nitrogens is 2. The van der Waals surface area contributed by atoms with E-state index in [-0.39, 0.29) is 17.5 Å². The Hall–Kier alpha value is -4.39. The van der Waals surface area contributed by atoms with Gasteiger partial charge in [-0.25, -0.2) is 0 Å². The summed E-state index contributed by atoms with van der Waals surface area (Å²) in [5.74, 6) is 0.0589. The maximum atomic E-state index is 13.4. The van der Waals surface area contributed by atoms with E-state index in [1.165, 1.54) is 0 Å². The Kier molecular flexibility index (Phi) is 7.03. The lowest BCUT2D eigenvalue weighted by molar-refractivity contribution is -0.126. The molecule has 34 heavy (non-hydrogen) atoms.